The summed E-state index contributed by atoms with van der Waals surface area (Å²) >= 11 is 5.77. The van der Waals surface area contributed by atoms with Gasteiger partial charge in [0.1, 0.15) is 5.75 Å². The lowest BCUT2D eigenvalue weighted by atomic mass is 10.1. The minimum Gasteiger partial charge on any atom is -0.496 e. The highest BCUT2D eigenvalue weighted by Gasteiger charge is 2.10. The van der Waals surface area contributed by atoms with Crippen LogP contribution in [0.15, 0.2) is 23.7 Å². The zero-order chi connectivity index (χ0) is 13.4. The normalized spacial score (nSPS) is 8.71. The average Bonchev–Trinajstić information content (AvgIpc) is 2.39. The summed E-state index contributed by atoms with van der Waals surface area (Å²) in [6.45, 7) is 7.00. The number of ether oxygens (including phenoxy) is 1. The molecular formula is C12H15ClN2O2. The van der Waals surface area contributed by atoms with Crippen molar-refractivity contribution in [2.24, 2.45) is 10.7 Å². The molecule has 0 amide bonds. The number of halogens is 1. The fourth-order valence-electron chi connectivity index (χ4n) is 1.20. The Labute approximate surface area is 106 Å². The van der Waals surface area contributed by atoms with Gasteiger partial charge in [-0.3, -0.25) is 9.79 Å². The molecule has 1 rings (SSSR count). The first kappa shape index (κ1) is 15.3. The minimum absolute atomic E-state index is 0.308. The monoisotopic (exact) mass is 254 g/mol. The van der Waals surface area contributed by atoms with Gasteiger partial charge in [-0.25, -0.2) is 0 Å². The third kappa shape index (κ3) is 3.69. The van der Waals surface area contributed by atoms with E-state index in [0.29, 0.717) is 33.9 Å². The molecule has 0 bridgehead atoms. The van der Waals surface area contributed by atoms with Crippen molar-refractivity contribution in [2.45, 2.75) is 0 Å². The van der Waals surface area contributed by atoms with Crippen LogP contribution in [0.25, 0.3) is 5.03 Å². The molecule has 0 saturated carbocycles. The van der Waals surface area contributed by atoms with Crippen molar-refractivity contribution in [1.82, 2.24) is 0 Å². The molecule has 0 spiro atoms. The van der Waals surface area contributed by atoms with Gasteiger partial charge < -0.3 is 10.5 Å². The molecule has 5 heteroatoms. The number of aliphatic imine (C=N–C) groups is 1. The largest absolute Gasteiger partial charge is 0.496 e. The maximum absolute atomic E-state index is 10.8. The number of nitrogens with two attached hydrogens (primary N) is 1. The van der Waals surface area contributed by atoms with Crippen molar-refractivity contribution in [3.8, 4) is 5.75 Å². The molecule has 0 radical (unpaired) electrons. The van der Waals surface area contributed by atoms with Gasteiger partial charge in [-0.2, -0.15) is 0 Å². The van der Waals surface area contributed by atoms with Crippen molar-refractivity contribution in [3.63, 3.8) is 0 Å². The molecule has 1 aromatic rings. The maximum Gasteiger partial charge on any atom is 0.153 e. The number of nitrogens with zero attached hydrogens (tertiary/aromatic N) is 1. The van der Waals surface area contributed by atoms with Crippen molar-refractivity contribution < 1.29 is 9.53 Å². The van der Waals surface area contributed by atoms with Crippen molar-refractivity contribution in [2.75, 3.05) is 14.2 Å². The van der Waals surface area contributed by atoms with Crippen LogP contribution in [-0.2, 0) is 0 Å². The van der Waals surface area contributed by atoms with Crippen LogP contribution >= 0.6 is 11.6 Å². The summed E-state index contributed by atoms with van der Waals surface area (Å²) in [5.41, 5.74) is 6.02. The molecule has 0 unspecified atom stereocenters. The molecule has 17 heavy (non-hydrogen) atoms. The lowest BCUT2D eigenvalue weighted by Crippen LogP contribution is -1.92. The molecule has 4 nitrogen and oxygen atoms in total. The Morgan fingerprint density at radius 1 is 1.53 bits per heavy atom. The third-order valence-corrected chi connectivity index (χ3v) is 2.14. The topological polar surface area (TPSA) is 64.7 Å². The number of aldehydes is 1. The van der Waals surface area contributed by atoms with E-state index in [-0.39, 0.29) is 0 Å². The fraction of sp³-hybridized carbons (Fsp3) is 0.167. The Morgan fingerprint density at radius 3 is 2.47 bits per heavy atom. The Kier molecular flexibility index (Phi) is 6.86. The molecule has 0 heterocycles. The van der Waals surface area contributed by atoms with Gasteiger partial charge in [-0.05, 0) is 19.8 Å². The summed E-state index contributed by atoms with van der Waals surface area (Å²) in [4.78, 5) is 14.5. The molecule has 2 N–H and O–H groups in total. The van der Waals surface area contributed by atoms with Gasteiger partial charge >= 0.3 is 0 Å². The standard InChI is InChI=1S/C11H10ClNO2.CH5N/c1-7(12)9-4-8(6-14)11(15-3)5-10(9)13-2;1-2/h4-6H,1-2H2,3H3;2H2,1H3. The van der Waals surface area contributed by atoms with Gasteiger partial charge in [-0.15, -0.1) is 0 Å². The number of rotatable bonds is 4. The summed E-state index contributed by atoms with van der Waals surface area (Å²) in [5, 5.41) is 0.308. The van der Waals surface area contributed by atoms with Crippen LogP contribution < -0.4 is 10.5 Å². The molecule has 92 valence electrons. The van der Waals surface area contributed by atoms with Crippen molar-refractivity contribution >= 4 is 35.3 Å². The third-order valence-electron chi connectivity index (χ3n) is 1.94. The van der Waals surface area contributed by atoms with Crippen molar-refractivity contribution in [1.29, 1.82) is 0 Å². The van der Waals surface area contributed by atoms with E-state index in [1.54, 1.807) is 12.1 Å². The fourth-order valence-corrected chi connectivity index (χ4v) is 1.35. The van der Waals surface area contributed by atoms with Gasteiger partial charge in [-0.1, -0.05) is 18.2 Å². The number of hydrogen-bond donors (Lipinski definition) is 1. The zero-order valence-corrected chi connectivity index (χ0v) is 10.6. The average molecular weight is 255 g/mol. The van der Waals surface area contributed by atoms with Crippen LogP contribution in [0.4, 0.5) is 5.69 Å². The molecule has 1 aromatic carbocycles. The zero-order valence-electron chi connectivity index (χ0n) is 9.87. The first-order chi connectivity index (χ1) is 8.13. The Morgan fingerprint density at radius 2 is 2.12 bits per heavy atom. The summed E-state index contributed by atoms with van der Waals surface area (Å²) in [5.74, 6) is 0.439. The lowest BCUT2D eigenvalue weighted by molar-refractivity contribution is 0.112. The van der Waals surface area contributed by atoms with E-state index >= 15 is 0 Å². The quantitative estimate of drug-likeness (QED) is 0.664. The van der Waals surface area contributed by atoms with Gasteiger partial charge in [0.15, 0.2) is 6.29 Å². The summed E-state index contributed by atoms with van der Waals surface area (Å²) in [6.07, 6.45) is 0.690. The van der Waals surface area contributed by atoms with Gasteiger partial charge in [0.05, 0.1) is 18.4 Å². The van der Waals surface area contributed by atoms with Gasteiger partial charge in [0.2, 0.25) is 0 Å². The Hall–Kier alpha value is -1.65. The number of hydrogen-bond acceptors (Lipinski definition) is 4. The molecule has 0 saturated heterocycles. The molecule has 0 aliphatic heterocycles. The first-order valence-corrected chi connectivity index (χ1v) is 5.08. The lowest BCUT2D eigenvalue weighted by Gasteiger charge is -2.08. The van der Waals surface area contributed by atoms with E-state index in [0.717, 1.165) is 0 Å². The maximum atomic E-state index is 10.8. The van der Waals surface area contributed by atoms with E-state index in [9.17, 15) is 4.79 Å². The molecular weight excluding hydrogens is 240 g/mol. The van der Waals surface area contributed by atoms with E-state index in [1.807, 2.05) is 0 Å². The van der Waals surface area contributed by atoms with E-state index in [2.05, 4.69) is 24.0 Å². The number of carbonyl (C=O) groups is 1. The summed E-state index contributed by atoms with van der Waals surface area (Å²) < 4.78 is 5.02. The van der Waals surface area contributed by atoms with E-state index in [4.69, 9.17) is 16.3 Å². The van der Waals surface area contributed by atoms with Crippen LogP contribution in [-0.4, -0.2) is 27.2 Å². The highest BCUT2D eigenvalue weighted by atomic mass is 35.5. The van der Waals surface area contributed by atoms with Crippen LogP contribution in [0.3, 0.4) is 0 Å². The summed E-state index contributed by atoms with van der Waals surface area (Å²) in [6, 6.07) is 3.17. The first-order valence-electron chi connectivity index (χ1n) is 4.70. The smallest absolute Gasteiger partial charge is 0.153 e. The van der Waals surface area contributed by atoms with Gasteiger partial charge in [0.25, 0.3) is 0 Å². The predicted molar refractivity (Wildman–Crippen MR) is 72.6 cm³/mol. The minimum atomic E-state index is 0.308. The highest BCUT2D eigenvalue weighted by molar-refractivity contribution is 6.48. The van der Waals surface area contributed by atoms with E-state index in [1.165, 1.54) is 14.2 Å². The second kappa shape index (κ2) is 7.60. The van der Waals surface area contributed by atoms with E-state index < -0.39 is 0 Å². The van der Waals surface area contributed by atoms with Crippen LogP contribution in [0.1, 0.15) is 15.9 Å². The molecule has 0 aliphatic carbocycles. The van der Waals surface area contributed by atoms with Crippen molar-refractivity contribution in [3.05, 3.63) is 29.8 Å². The number of benzene rings is 1. The predicted octanol–water partition coefficient (Wildman–Crippen LogP) is 2.62. The molecule has 0 aromatic heterocycles. The second-order valence-corrected chi connectivity index (χ2v) is 3.25. The second-order valence-electron chi connectivity index (χ2n) is 2.79. The van der Waals surface area contributed by atoms with Crippen LogP contribution in [0.5, 0.6) is 5.75 Å². The Bertz CT molecular complexity index is 431. The van der Waals surface area contributed by atoms with Crippen LogP contribution in [0, 0.1) is 0 Å². The van der Waals surface area contributed by atoms with Gasteiger partial charge in [0, 0.05) is 16.7 Å². The highest BCUT2D eigenvalue weighted by Crippen LogP contribution is 2.33. The summed E-state index contributed by atoms with van der Waals surface area (Å²) in [7, 11) is 2.98. The van der Waals surface area contributed by atoms with Crippen LogP contribution in [0.2, 0.25) is 0 Å². The number of carbonyl (C=O) groups excluding carboxylic acids is 1. The SMILES string of the molecule is C=Nc1cc(OC)c(C=O)cc1C(=C)Cl.CN. The Balaban J connectivity index is 0.00000121. The number of methoxy groups -OCH3 is 1. The molecule has 0 aliphatic rings. The molecule has 0 atom stereocenters. The molecule has 0 fully saturated rings.